The van der Waals surface area contributed by atoms with Gasteiger partial charge in [-0.2, -0.15) is 0 Å². The number of fused-ring (bicyclic) bond motifs is 1. The van der Waals surface area contributed by atoms with E-state index in [1.54, 1.807) is 19.5 Å². The fourth-order valence-electron chi connectivity index (χ4n) is 4.13. The third-order valence-corrected chi connectivity index (χ3v) is 6.13. The quantitative estimate of drug-likeness (QED) is 0.392. The van der Waals surface area contributed by atoms with E-state index in [2.05, 4.69) is 58.2 Å². The molecule has 0 unspecified atom stereocenters. The van der Waals surface area contributed by atoms with Gasteiger partial charge in [-0.05, 0) is 65.0 Å². The minimum absolute atomic E-state index is 0.314. The third-order valence-electron chi connectivity index (χ3n) is 5.72. The van der Waals surface area contributed by atoms with E-state index in [-0.39, 0.29) is 0 Å². The van der Waals surface area contributed by atoms with Crippen LogP contribution in [0.25, 0.3) is 11.2 Å². The number of rotatable bonds is 7. The van der Waals surface area contributed by atoms with Crippen LogP contribution >= 0.6 is 15.9 Å². The first-order chi connectivity index (χ1) is 15.7. The van der Waals surface area contributed by atoms with E-state index in [0.717, 1.165) is 52.2 Å². The Kier molecular flexibility index (Phi) is 5.89. The number of halogens is 1. The lowest BCUT2D eigenvalue weighted by atomic mass is 10.2. The van der Waals surface area contributed by atoms with E-state index >= 15 is 0 Å². The molecule has 8 nitrogen and oxygen atoms in total. The lowest BCUT2D eigenvalue weighted by molar-refractivity contribution is 0.414. The summed E-state index contributed by atoms with van der Waals surface area (Å²) in [5, 5.41) is 7.11. The molecule has 0 radical (unpaired) electrons. The van der Waals surface area contributed by atoms with Gasteiger partial charge in [0.05, 0.1) is 18.1 Å². The van der Waals surface area contributed by atoms with Gasteiger partial charge in [-0.3, -0.25) is 4.57 Å². The van der Waals surface area contributed by atoms with Gasteiger partial charge in [-0.1, -0.05) is 12.1 Å². The predicted molar refractivity (Wildman–Crippen MR) is 128 cm³/mol. The Hall–Kier alpha value is -3.20. The van der Waals surface area contributed by atoms with Gasteiger partial charge >= 0.3 is 0 Å². The molecule has 0 saturated heterocycles. The highest BCUT2D eigenvalue weighted by Crippen LogP contribution is 2.27. The summed E-state index contributed by atoms with van der Waals surface area (Å²) in [5.74, 6) is 2.36. The monoisotopic (exact) mass is 493 g/mol. The molecular formula is C23H24BrN7O. The van der Waals surface area contributed by atoms with Gasteiger partial charge in [0.1, 0.15) is 11.3 Å². The van der Waals surface area contributed by atoms with E-state index < -0.39 is 0 Å². The fraction of sp³-hybridized carbons (Fsp3) is 0.304. The van der Waals surface area contributed by atoms with E-state index in [9.17, 15) is 0 Å². The van der Waals surface area contributed by atoms with Gasteiger partial charge in [0.25, 0.3) is 0 Å². The number of nitrogens with zero attached hydrogens (tertiary/aromatic N) is 5. The topological polar surface area (TPSA) is 89.8 Å². The average Bonchev–Trinajstić information content (AvgIpc) is 3.40. The van der Waals surface area contributed by atoms with Gasteiger partial charge in [0.15, 0.2) is 5.65 Å². The van der Waals surface area contributed by atoms with Crippen molar-refractivity contribution in [1.29, 1.82) is 0 Å². The van der Waals surface area contributed by atoms with Crippen LogP contribution in [0.15, 0.2) is 59.5 Å². The minimum Gasteiger partial charge on any atom is -0.497 e. The van der Waals surface area contributed by atoms with Crippen LogP contribution in [0.1, 0.15) is 24.8 Å². The highest BCUT2D eigenvalue weighted by molar-refractivity contribution is 9.10. The van der Waals surface area contributed by atoms with Gasteiger partial charge in [0, 0.05) is 30.7 Å². The highest BCUT2D eigenvalue weighted by Gasteiger charge is 2.26. The van der Waals surface area contributed by atoms with Crippen LogP contribution in [0.5, 0.6) is 5.75 Å². The van der Waals surface area contributed by atoms with Crippen LogP contribution < -0.4 is 15.4 Å². The van der Waals surface area contributed by atoms with Crippen molar-refractivity contribution in [1.82, 2.24) is 24.5 Å². The van der Waals surface area contributed by atoms with Crippen molar-refractivity contribution in [2.24, 2.45) is 0 Å². The number of methoxy groups -OCH3 is 1. The van der Waals surface area contributed by atoms with Gasteiger partial charge in [-0.15, -0.1) is 0 Å². The molecule has 1 aromatic carbocycles. The second-order valence-corrected chi connectivity index (χ2v) is 8.85. The van der Waals surface area contributed by atoms with Gasteiger partial charge in [-0.25, -0.2) is 19.9 Å². The van der Waals surface area contributed by atoms with Gasteiger partial charge < -0.3 is 15.4 Å². The lowest BCUT2D eigenvalue weighted by Gasteiger charge is -2.16. The summed E-state index contributed by atoms with van der Waals surface area (Å²) in [4.78, 5) is 18.1. The highest BCUT2D eigenvalue weighted by atomic mass is 79.9. The summed E-state index contributed by atoms with van der Waals surface area (Å²) < 4.78 is 8.31. The molecule has 1 aliphatic carbocycles. The SMILES string of the molecule is COc1ccc(Cn2c(N[C@H]3CC[C@H](Nc4ncc(Br)cn4)C3)nc3cccnc32)cc1. The number of nitrogens with one attached hydrogen (secondary N) is 2. The third kappa shape index (κ3) is 4.52. The van der Waals surface area contributed by atoms with E-state index in [1.165, 1.54) is 0 Å². The van der Waals surface area contributed by atoms with Crippen LogP contribution in [0, 0.1) is 0 Å². The molecule has 164 valence electrons. The molecule has 0 amide bonds. The summed E-state index contributed by atoms with van der Waals surface area (Å²) in [6.07, 6.45) is 8.40. The maximum atomic E-state index is 5.28. The van der Waals surface area contributed by atoms with Crippen molar-refractivity contribution in [2.75, 3.05) is 17.7 Å². The molecule has 9 heteroatoms. The molecule has 0 bridgehead atoms. The van der Waals surface area contributed by atoms with Crippen LogP contribution in [0.2, 0.25) is 0 Å². The Bertz CT molecular complexity index is 1190. The average molecular weight is 494 g/mol. The van der Waals surface area contributed by atoms with E-state index in [4.69, 9.17) is 9.72 Å². The van der Waals surface area contributed by atoms with E-state index in [1.807, 2.05) is 30.5 Å². The Balaban J connectivity index is 1.32. The Labute approximate surface area is 194 Å². The minimum atomic E-state index is 0.314. The first kappa shape index (κ1) is 20.7. The van der Waals surface area contributed by atoms with Gasteiger partial charge in [0.2, 0.25) is 11.9 Å². The normalized spacial score (nSPS) is 18.1. The maximum absolute atomic E-state index is 5.28. The second-order valence-electron chi connectivity index (χ2n) is 7.94. The zero-order valence-corrected chi connectivity index (χ0v) is 19.3. The molecule has 1 saturated carbocycles. The molecule has 4 aromatic rings. The molecule has 1 aliphatic rings. The molecule has 0 spiro atoms. The van der Waals surface area contributed by atoms with Crippen LogP contribution in [0.3, 0.4) is 0 Å². The van der Waals surface area contributed by atoms with Crippen molar-refractivity contribution < 1.29 is 4.74 Å². The number of anilines is 2. The predicted octanol–water partition coefficient (Wildman–Crippen LogP) is 4.49. The Morgan fingerprint density at radius 1 is 1.03 bits per heavy atom. The Morgan fingerprint density at radius 2 is 1.78 bits per heavy atom. The molecule has 32 heavy (non-hydrogen) atoms. The summed E-state index contributed by atoms with van der Waals surface area (Å²) in [6, 6.07) is 12.7. The summed E-state index contributed by atoms with van der Waals surface area (Å²) >= 11 is 3.37. The fourth-order valence-corrected chi connectivity index (χ4v) is 4.33. The number of hydrogen-bond acceptors (Lipinski definition) is 7. The zero-order chi connectivity index (χ0) is 21.9. The number of ether oxygens (including phenoxy) is 1. The first-order valence-corrected chi connectivity index (χ1v) is 11.4. The summed E-state index contributed by atoms with van der Waals surface area (Å²) in [7, 11) is 1.68. The number of imidazole rings is 1. The van der Waals surface area contributed by atoms with Crippen LogP contribution in [-0.2, 0) is 6.54 Å². The first-order valence-electron chi connectivity index (χ1n) is 10.6. The second kappa shape index (κ2) is 9.12. The Morgan fingerprint density at radius 3 is 2.53 bits per heavy atom. The van der Waals surface area contributed by atoms with E-state index in [0.29, 0.717) is 24.6 Å². The smallest absolute Gasteiger partial charge is 0.222 e. The number of hydrogen-bond donors (Lipinski definition) is 2. The maximum Gasteiger partial charge on any atom is 0.222 e. The summed E-state index contributed by atoms with van der Waals surface area (Å²) in [5.41, 5.74) is 2.93. The van der Waals surface area contributed by atoms with Crippen molar-refractivity contribution in [3.8, 4) is 5.75 Å². The number of pyridine rings is 1. The molecule has 5 rings (SSSR count). The van der Waals surface area contributed by atoms with Crippen LogP contribution in [0.4, 0.5) is 11.9 Å². The molecule has 2 atom stereocenters. The molecule has 1 fully saturated rings. The van der Waals surface area contributed by atoms with Crippen molar-refractivity contribution >= 4 is 39.0 Å². The molecule has 2 N–H and O–H groups in total. The van der Waals surface area contributed by atoms with Crippen LogP contribution in [-0.4, -0.2) is 43.7 Å². The molecule has 0 aliphatic heterocycles. The standard InChI is InChI=1S/C23H24BrN7O/c1-32-19-8-4-15(5-9-19)14-31-21-20(3-2-10-25-21)30-23(31)29-18-7-6-17(11-18)28-22-26-12-16(24)13-27-22/h2-5,8-10,12-13,17-18H,6-7,11,14H2,1H3,(H,29,30)(H,26,27,28)/t17-,18-/m0/s1. The number of aromatic nitrogens is 5. The van der Waals surface area contributed by atoms with Crippen molar-refractivity contribution in [3.05, 3.63) is 65.0 Å². The van der Waals surface area contributed by atoms with Crippen molar-refractivity contribution in [3.63, 3.8) is 0 Å². The molecule has 3 heterocycles. The largest absolute Gasteiger partial charge is 0.497 e. The molecule has 3 aromatic heterocycles. The van der Waals surface area contributed by atoms with Crippen molar-refractivity contribution in [2.45, 2.75) is 37.9 Å². The summed E-state index contributed by atoms with van der Waals surface area (Å²) in [6.45, 7) is 0.682. The zero-order valence-electron chi connectivity index (χ0n) is 17.7. The lowest BCUT2D eigenvalue weighted by Crippen LogP contribution is -2.23. The molecular weight excluding hydrogens is 470 g/mol. The number of benzene rings is 1.